The zero-order valence-corrected chi connectivity index (χ0v) is 10.7. The molecule has 7 heteroatoms. The van der Waals surface area contributed by atoms with Crippen LogP contribution in [0.4, 0.5) is 5.00 Å². The lowest BCUT2D eigenvalue weighted by Gasteiger charge is -2.06. The molecular weight excluding hydrogens is 262 g/mol. The molecule has 2 aromatic heterocycles. The highest BCUT2D eigenvalue weighted by Gasteiger charge is 2.09. The van der Waals surface area contributed by atoms with Gasteiger partial charge in [0, 0.05) is 23.1 Å². The van der Waals surface area contributed by atoms with Crippen LogP contribution in [-0.4, -0.2) is 14.2 Å². The summed E-state index contributed by atoms with van der Waals surface area (Å²) in [5.41, 5.74) is 3.14. The third kappa shape index (κ3) is 2.09. The van der Waals surface area contributed by atoms with Crippen LogP contribution in [-0.2, 0) is 6.54 Å². The molecule has 0 saturated heterocycles. The van der Waals surface area contributed by atoms with Crippen molar-refractivity contribution in [3.63, 3.8) is 0 Å². The van der Waals surface area contributed by atoms with Crippen molar-refractivity contribution in [3.8, 4) is 0 Å². The predicted molar refractivity (Wildman–Crippen MR) is 75.0 cm³/mol. The highest BCUT2D eigenvalue weighted by molar-refractivity contribution is 7.10. The van der Waals surface area contributed by atoms with Gasteiger partial charge in [0.25, 0.3) is 5.56 Å². The molecule has 19 heavy (non-hydrogen) atoms. The van der Waals surface area contributed by atoms with Gasteiger partial charge in [0.1, 0.15) is 10.7 Å². The topological polar surface area (TPSA) is 85.8 Å². The molecule has 3 aromatic rings. The van der Waals surface area contributed by atoms with Crippen molar-refractivity contribution in [2.45, 2.75) is 6.54 Å². The van der Waals surface area contributed by atoms with Gasteiger partial charge in [-0.2, -0.15) is 0 Å². The van der Waals surface area contributed by atoms with E-state index < -0.39 is 0 Å². The molecule has 0 aliphatic heterocycles. The average molecular weight is 273 g/mol. The summed E-state index contributed by atoms with van der Waals surface area (Å²) in [5.74, 6) is 5.37. The Balaban J connectivity index is 2.07. The summed E-state index contributed by atoms with van der Waals surface area (Å²) in [6.07, 6.45) is 1.75. The van der Waals surface area contributed by atoms with Crippen LogP contribution in [0.2, 0.25) is 0 Å². The van der Waals surface area contributed by atoms with E-state index >= 15 is 0 Å². The molecule has 96 valence electrons. The maximum absolute atomic E-state index is 12.3. The van der Waals surface area contributed by atoms with Gasteiger partial charge >= 0.3 is 0 Å². The van der Waals surface area contributed by atoms with Crippen LogP contribution in [0.25, 0.3) is 10.8 Å². The first-order valence-electron chi connectivity index (χ1n) is 5.65. The Morgan fingerprint density at radius 1 is 1.32 bits per heavy atom. The van der Waals surface area contributed by atoms with Crippen molar-refractivity contribution < 1.29 is 0 Å². The molecule has 0 bridgehead atoms. The number of hydrogen-bond acceptors (Lipinski definition) is 6. The molecule has 2 heterocycles. The summed E-state index contributed by atoms with van der Waals surface area (Å²) in [6.45, 7) is 0.347. The summed E-state index contributed by atoms with van der Waals surface area (Å²) in [6, 6.07) is 9.40. The van der Waals surface area contributed by atoms with Gasteiger partial charge in [-0.05, 0) is 17.5 Å². The summed E-state index contributed by atoms with van der Waals surface area (Å²) in [4.78, 5) is 12.3. The number of hydrazine groups is 1. The Morgan fingerprint density at radius 2 is 2.16 bits per heavy atom. The summed E-state index contributed by atoms with van der Waals surface area (Å²) in [7, 11) is 0. The third-order valence-corrected chi connectivity index (χ3v) is 3.59. The standard InChI is InChI=1S/C12H11N5OS/c13-14-11-10(15-16-19-11)7-17-6-5-8-3-1-2-4-9(8)12(17)18/h1-6,14H,7,13H2. The van der Waals surface area contributed by atoms with Gasteiger partial charge in [0.2, 0.25) is 0 Å². The molecule has 0 atom stereocenters. The predicted octanol–water partition coefficient (Wildman–Crippen LogP) is 1.19. The zero-order chi connectivity index (χ0) is 13.2. The number of hydrogen-bond donors (Lipinski definition) is 2. The number of rotatable bonds is 3. The van der Waals surface area contributed by atoms with Crippen molar-refractivity contribution in [1.29, 1.82) is 0 Å². The smallest absolute Gasteiger partial charge is 0.258 e. The molecule has 0 unspecified atom stereocenters. The average Bonchev–Trinajstić information content (AvgIpc) is 2.89. The van der Waals surface area contributed by atoms with E-state index in [1.807, 2.05) is 30.3 Å². The van der Waals surface area contributed by atoms with Crippen molar-refractivity contribution in [2.75, 3.05) is 5.43 Å². The summed E-state index contributed by atoms with van der Waals surface area (Å²) in [5, 5.41) is 6.25. The van der Waals surface area contributed by atoms with E-state index in [2.05, 4.69) is 15.0 Å². The quantitative estimate of drug-likeness (QED) is 0.553. The summed E-state index contributed by atoms with van der Waals surface area (Å²) < 4.78 is 5.41. The Hall–Kier alpha value is -2.25. The minimum absolute atomic E-state index is 0.0472. The Kier molecular flexibility index (Phi) is 2.98. The van der Waals surface area contributed by atoms with E-state index in [4.69, 9.17) is 5.84 Å². The fourth-order valence-electron chi connectivity index (χ4n) is 1.94. The lowest BCUT2D eigenvalue weighted by atomic mass is 10.2. The normalized spacial score (nSPS) is 10.8. The molecule has 0 aliphatic carbocycles. The van der Waals surface area contributed by atoms with Crippen molar-refractivity contribution >= 4 is 27.3 Å². The van der Waals surface area contributed by atoms with Gasteiger partial charge in [-0.3, -0.25) is 4.79 Å². The Morgan fingerprint density at radius 3 is 3.00 bits per heavy atom. The number of fused-ring (bicyclic) bond motifs is 1. The van der Waals surface area contributed by atoms with Gasteiger partial charge < -0.3 is 9.99 Å². The van der Waals surface area contributed by atoms with Gasteiger partial charge in [0.15, 0.2) is 0 Å². The number of anilines is 1. The number of nitrogen functional groups attached to an aromatic ring is 1. The van der Waals surface area contributed by atoms with Crippen LogP contribution < -0.4 is 16.8 Å². The van der Waals surface area contributed by atoms with Crippen LogP contribution >= 0.6 is 11.5 Å². The molecule has 0 fully saturated rings. The first-order valence-corrected chi connectivity index (χ1v) is 6.43. The highest BCUT2D eigenvalue weighted by atomic mass is 32.1. The molecule has 3 N–H and O–H groups in total. The monoisotopic (exact) mass is 273 g/mol. The zero-order valence-electron chi connectivity index (χ0n) is 9.91. The molecular formula is C12H11N5OS. The minimum atomic E-state index is -0.0472. The fraction of sp³-hybridized carbons (Fsp3) is 0.0833. The molecule has 1 aromatic carbocycles. The van der Waals surface area contributed by atoms with E-state index in [1.54, 1.807) is 10.8 Å². The van der Waals surface area contributed by atoms with Gasteiger partial charge in [-0.25, -0.2) is 5.84 Å². The van der Waals surface area contributed by atoms with E-state index in [-0.39, 0.29) is 5.56 Å². The number of aromatic nitrogens is 3. The molecule has 0 amide bonds. The Labute approximate surface area is 112 Å². The van der Waals surface area contributed by atoms with Gasteiger partial charge in [0.05, 0.1) is 6.54 Å². The highest BCUT2D eigenvalue weighted by Crippen LogP contribution is 2.17. The van der Waals surface area contributed by atoms with E-state index in [9.17, 15) is 4.79 Å². The number of nitrogens with two attached hydrogens (primary N) is 1. The molecule has 3 rings (SSSR count). The molecule has 0 saturated carbocycles. The number of benzene rings is 1. The fourth-order valence-corrected chi connectivity index (χ4v) is 2.42. The van der Waals surface area contributed by atoms with E-state index in [1.165, 1.54) is 11.5 Å². The second-order valence-corrected chi connectivity index (χ2v) is 4.78. The molecule has 0 spiro atoms. The second kappa shape index (κ2) is 4.79. The van der Waals surface area contributed by atoms with E-state index in [0.717, 1.165) is 5.39 Å². The third-order valence-electron chi connectivity index (χ3n) is 2.89. The SMILES string of the molecule is NNc1snnc1Cn1ccc2ccccc2c1=O. The van der Waals surface area contributed by atoms with Crippen molar-refractivity contribution in [1.82, 2.24) is 14.2 Å². The maximum atomic E-state index is 12.3. The van der Waals surface area contributed by atoms with Crippen LogP contribution in [0.15, 0.2) is 41.3 Å². The first-order chi connectivity index (χ1) is 9.29. The van der Waals surface area contributed by atoms with Crippen molar-refractivity contribution in [3.05, 3.63) is 52.6 Å². The first kappa shape index (κ1) is 11.8. The van der Waals surface area contributed by atoms with Crippen LogP contribution in [0.5, 0.6) is 0 Å². The number of nitrogens with one attached hydrogen (secondary N) is 1. The van der Waals surface area contributed by atoms with Crippen LogP contribution in [0.3, 0.4) is 0 Å². The van der Waals surface area contributed by atoms with Gasteiger partial charge in [-0.15, -0.1) is 5.10 Å². The minimum Gasteiger partial charge on any atom is -0.313 e. The number of nitrogens with zero attached hydrogens (tertiary/aromatic N) is 3. The van der Waals surface area contributed by atoms with Gasteiger partial charge in [-0.1, -0.05) is 22.7 Å². The lowest BCUT2D eigenvalue weighted by Crippen LogP contribution is -2.21. The Bertz CT molecular complexity index is 779. The maximum Gasteiger partial charge on any atom is 0.258 e. The second-order valence-electron chi connectivity index (χ2n) is 4.03. The molecule has 0 aliphatic rings. The van der Waals surface area contributed by atoms with Crippen LogP contribution in [0.1, 0.15) is 5.69 Å². The van der Waals surface area contributed by atoms with Crippen molar-refractivity contribution in [2.24, 2.45) is 5.84 Å². The lowest BCUT2D eigenvalue weighted by molar-refractivity contribution is 0.743. The largest absolute Gasteiger partial charge is 0.313 e. The molecule has 6 nitrogen and oxygen atoms in total. The van der Waals surface area contributed by atoms with Crippen LogP contribution in [0, 0.1) is 0 Å². The number of pyridine rings is 1. The summed E-state index contributed by atoms with van der Waals surface area (Å²) >= 11 is 1.17. The molecule has 0 radical (unpaired) electrons. The van der Waals surface area contributed by atoms with E-state index in [0.29, 0.717) is 22.6 Å².